The summed E-state index contributed by atoms with van der Waals surface area (Å²) in [5.41, 5.74) is 0. The summed E-state index contributed by atoms with van der Waals surface area (Å²) in [6.07, 6.45) is -3.63. The summed E-state index contributed by atoms with van der Waals surface area (Å²) in [5, 5.41) is 29.5. The van der Waals surface area contributed by atoms with Crippen molar-refractivity contribution in [2.75, 3.05) is 20.3 Å². The summed E-state index contributed by atoms with van der Waals surface area (Å²) in [6, 6.07) is 0. The second-order valence-electron chi connectivity index (χ2n) is 4.01. The molecule has 0 aliphatic carbocycles. The van der Waals surface area contributed by atoms with Crippen LogP contribution >= 0.6 is 0 Å². The van der Waals surface area contributed by atoms with Crippen molar-refractivity contribution in [2.45, 2.75) is 31.5 Å². The molecule has 8 heteroatoms. The maximum Gasteiger partial charge on any atom is 1.00 e. The van der Waals surface area contributed by atoms with Gasteiger partial charge in [-0.2, -0.15) is 0 Å². The minimum atomic E-state index is -1.32. The van der Waals surface area contributed by atoms with E-state index in [1.807, 2.05) is 0 Å². The second kappa shape index (κ2) is 8.44. The van der Waals surface area contributed by atoms with Crippen molar-refractivity contribution in [3.63, 3.8) is 0 Å². The smallest absolute Gasteiger partial charge is 0.548 e. The zero-order valence-electron chi connectivity index (χ0n) is 10.7. The van der Waals surface area contributed by atoms with Gasteiger partial charge in [0.15, 0.2) is 6.29 Å². The Morgan fingerprint density at radius 2 is 2.00 bits per heavy atom. The van der Waals surface area contributed by atoms with Crippen LogP contribution in [0.15, 0.2) is 0 Å². The molecule has 0 spiro atoms. The number of carbonyl (C=O) groups is 1. The minimum absolute atomic E-state index is 0. The molecule has 100 valence electrons. The fourth-order valence-corrected chi connectivity index (χ4v) is 1.71. The number of aliphatic hydroxyl groups is 2. The molecule has 0 aromatic heterocycles. The van der Waals surface area contributed by atoms with Crippen molar-refractivity contribution in [1.82, 2.24) is 0 Å². The van der Waals surface area contributed by atoms with Crippen molar-refractivity contribution in [2.24, 2.45) is 5.92 Å². The number of ether oxygens (including phenoxy) is 3. The molecule has 1 aliphatic rings. The zero-order chi connectivity index (χ0) is 13.0. The van der Waals surface area contributed by atoms with Gasteiger partial charge in [-0.1, -0.05) is 6.92 Å². The van der Waals surface area contributed by atoms with E-state index in [1.54, 1.807) is 6.92 Å². The summed E-state index contributed by atoms with van der Waals surface area (Å²) in [6.45, 7) is 1.12. The van der Waals surface area contributed by atoms with Crippen LogP contribution in [0.3, 0.4) is 0 Å². The van der Waals surface area contributed by atoms with Crippen molar-refractivity contribution in [3.05, 3.63) is 0 Å². The van der Waals surface area contributed by atoms with E-state index in [2.05, 4.69) is 0 Å². The number of carbonyl (C=O) groups excluding carboxylic acids is 1. The van der Waals surface area contributed by atoms with Crippen LogP contribution in [0.5, 0.6) is 0 Å². The number of methoxy groups -OCH3 is 1. The number of aliphatic carboxylic acids is 1. The van der Waals surface area contributed by atoms with Crippen molar-refractivity contribution in [1.29, 1.82) is 0 Å². The molecule has 0 amide bonds. The van der Waals surface area contributed by atoms with E-state index in [4.69, 9.17) is 14.2 Å². The topological polar surface area (TPSA) is 108 Å². The molecule has 0 bridgehead atoms. The van der Waals surface area contributed by atoms with E-state index in [0.29, 0.717) is 0 Å². The van der Waals surface area contributed by atoms with Crippen LogP contribution in [0.1, 0.15) is 6.92 Å². The van der Waals surface area contributed by atoms with Gasteiger partial charge in [-0.3, -0.25) is 0 Å². The van der Waals surface area contributed by atoms with E-state index in [-0.39, 0.29) is 36.2 Å². The normalized spacial score (nSPS) is 35.9. The van der Waals surface area contributed by atoms with Gasteiger partial charge < -0.3 is 34.3 Å². The molecule has 0 radical (unpaired) electrons. The summed E-state index contributed by atoms with van der Waals surface area (Å²) in [7, 11) is 1.34. The molecular weight excluding hydrogens is 255 g/mol. The Kier molecular flexibility index (Phi) is 8.57. The first kappa shape index (κ1) is 18.3. The molecule has 5 atom stereocenters. The predicted octanol–water partition coefficient (Wildman–Crippen LogP) is -5.51. The Bertz CT molecular complexity index is 261. The van der Waals surface area contributed by atoms with Gasteiger partial charge in [0.05, 0.1) is 31.4 Å². The molecule has 1 saturated heterocycles. The number of aliphatic hydroxyl groups excluding tert-OH is 2. The second-order valence-corrected chi connectivity index (χ2v) is 4.01. The van der Waals surface area contributed by atoms with Crippen LogP contribution in [0.4, 0.5) is 0 Å². The zero-order valence-corrected chi connectivity index (χ0v) is 12.7. The number of carboxylic acids is 1. The van der Waals surface area contributed by atoms with Crippen LogP contribution in [0, 0.1) is 5.92 Å². The molecule has 1 rings (SSSR count). The number of rotatable bonds is 5. The van der Waals surface area contributed by atoms with Gasteiger partial charge in [0.25, 0.3) is 0 Å². The van der Waals surface area contributed by atoms with Crippen LogP contribution in [-0.4, -0.2) is 61.1 Å². The van der Waals surface area contributed by atoms with Crippen LogP contribution in [0.25, 0.3) is 0 Å². The molecule has 1 aliphatic heterocycles. The standard InChI is InChI=1S/C10H18O7.Na/c1-5-6(3-16-4-7(11)12)17-10(15-2)9(14)8(5)13;/h5-6,8-10,13-14H,3-4H2,1-2H3,(H,11,12);/q;+1/p-1/t5-,6?,8+,9?,10+;/m1./s1. The van der Waals surface area contributed by atoms with Crippen LogP contribution in [0.2, 0.25) is 0 Å². The van der Waals surface area contributed by atoms with E-state index >= 15 is 0 Å². The first-order valence-corrected chi connectivity index (χ1v) is 5.29. The molecule has 2 unspecified atom stereocenters. The largest absolute Gasteiger partial charge is 1.00 e. The summed E-state index contributed by atoms with van der Waals surface area (Å²) in [5.74, 6) is -1.71. The van der Waals surface area contributed by atoms with Gasteiger partial charge in [0, 0.05) is 13.0 Å². The van der Waals surface area contributed by atoms with Crippen LogP contribution in [-0.2, 0) is 19.0 Å². The van der Waals surface area contributed by atoms with E-state index in [1.165, 1.54) is 7.11 Å². The summed E-state index contributed by atoms with van der Waals surface area (Å²) >= 11 is 0. The molecule has 18 heavy (non-hydrogen) atoms. The Balaban J connectivity index is 0.00000289. The Hall–Kier alpha value is 0.270. The van der Waals surface area contributed by atoms with E-state index < -0.39 is 43.1 Å². The molecule has 0 aromatic rings. The summed E-state index contributed by atoms with van der Waals surface area (Å²) < 4.78 is 15.1. The van der Waals surface area contributed by atoms with Gasteiger partial charge in [0.2, 0.25) is 0 Å². The van der Waals surface area contributed by atoms with E-state index in [0.717, 1.165) is 0 Å². The molecular formula is C10H17NaO7. The Labute approximate surface area is 127 Å². The Morgan fingerprint density at radius 3 is 2.50 bits per heavy atom. The maximum atomic E-state index is 10.2. The molecule has 1 fully saturated rings. The third-order valence-electron chi connectivity index (χ3n) is 2.80. The SMILES string of the molecule is CO[C@H]1OC(COCC(=O)[O-])[C@@H](C)[C@H](O)C1O.[Na+]. The van der Waals surface area contributed by atoms with Gasteiger partial charge in [0.1, 0.15) is 6.10 Å². The van der Waals surface area contributed by atoms with Crippen LogP contribution < -0.4 is 34.7 Å². The molecule has 0 saturated carbocycles. The quantitative estimate of drug-likeness (QED) is 0.480. The average Bonchev–Trinajstić information content (AvgIpc) is 2.29. The van der Waals surface area contributed by atoms with Crippen molar-refractivity contribution in [3.8, 4) is 0 Å². The molecule has 0 aromatic carbocycles. The van der Waals surface area contributed by atoms with Gasteiger partial charge >= 0.3 is 29.6 Å². The van der Waals surface area contributed by atoms with E-state index in [9.17, 15) is 20.1 Å². The third kappa shape index (κ3) is 4.75. The molecule has 7 nitrogen and oxygen atoms in total. The first-order valence-electron chi connectivity index (χ1n) is 5.29. The van der Waals surface area contributed by atoms with Gasteiger partial charge in [-0.25, -0.2) is 0 Å². The molecule has 1 heterocycles. The fraction of sp³-hybridized carbons (Fsp3) is 0.900. The number of carboxylic acid groups (broad SMARTS) is 1. The predicted molar refractivity (Wildman–Crippen MR) is 52.7 cm³/mol. The molecule has 2 N–H and O–H groups in total. The maximum absolute atomic E-state index is 10.2. The first-order chi connectivity index (χ1) is 7.97. The summed E-state index contributed by atoms with van der Waals surface area (Å²) in [4.78, 5) is 10.2. The fourth-order valence-electron chi connectivity index (χ4n) is 1.71. The average molecular weight is 272 g/mol. The minimum Gasteiger partial charge on any atom is -0.548 e. The van der Waals surface area contributed by atoms with Gasteiger partial charge in [-0.05, 0) is 0 Å². The monoisotopic (exact) mass is 272 g/mol. The van der Waals surface area contributed by atoms with Crippen molar-refractivity contribution >= 4 is 5.97 Å². The number of hydrogen-bond donors (Lipinski definition) is 2. The van der Waals surface area contributed by atoms with Crippen molar-refractivity contribution < 1.29 is 63.9 Å². The Morgan fingerprint density at radius 1 is 1.39 bits per heavy atom. The third-order valence-corrected chi connectivity index (χ3v) is 2.80. The number of hydrogen-bond acceptors (Lipinski definition) is 7. The van der Waals surface area contributed by atoms with Gasteiger partial charge in [-0.15, -0.1) is 0 Å².